The zero-order valence-electron chi connectivity index (χ0n) is 8.52. The van der Waals surface area contributed by atoms with Gasteiger partial charge in [-0.25, -0.2) is 0 Å². The second-order valence-electron chi connectivity index (χ2n) is 2.81. The monoisotopic (exact) mass is 212 g/mol. The number of hydrogen-bond acceptors (Lipinski definition) is 5. The van der Waals surface area contributed by atoms with Gasteiger partial charge in [-0.05, 0) is 11.6 Å². The Morgan fingerprint density at radius 3 is 2.47 bits per heavy atom. The lowest BCUT2D eigenvalue weighted by Crippen LogP contribution is -2.02. The molecule has 0 bridgehead atoms. The van der Waals surface area contributed by atoms with Gasteiger partial charge in [0, 0.05) is 12.6 Å². The Balaban J connectivity index is 3.39. The fourth-order valence-electron chi connectivity index (χ4n) is 1.25. The Morgan fingerprint density at radius 2 is 2.07 bits per heavy atom. The smallest absolute Gasteiger partial charge is 0.315 e. The van der Waals surface area contributed by atoms with Gasteiger partial charge in [-0.15, -0.1) is 0 Å². The van der Waals surface area contributed by atoms with Crippen molar-refractivity contribution >= 4 is 5.69 Å². The minimum absolute atomic E-state index is 0.111. The predicted octanol–water partition coefficient (Wildman–Crippen LogP) is 1.07. The molecule has 6 nitrogen and oxygen atoms in total. The zero-order chi connectivity index (χ0) is 11.4. The summed E-state index contributed by atoms with van der Waals surface area (Å²) in [5, 5.41) is 10.7. The molecule has 15 heavy (non-hydrogen) atoms. The molecule has 0 saturated heterocycles. The van der Waals surface area contributed by atoms with Crippen molar-refractivity contribution < 1.29 is 14.4 Å². The van der Waals surface area contributed by atoms with E-state index in [-0.39, 0.29) is 18.0 Å². The Hall–Kier alpha value is -1.82. The highest BCUT2D eigenvalue weighted by Crippen LogP contribution is 2.37. The first-order chi connectivity index (χ1) is 7.13. The van der Waals surface area contributed by atoms with E-state index in [2.05, 4.69) is 0 Å². The largest absolute Gasteiger partial charge is 0.493 e. The maximum absolute atomic E-state index is 10.7. The van der Waals surface area contributed by atoms with Crippen molar-refractivity contribution in [2.45, 2.75) is 6.54 Å². The molecule has 0 aliphatic heterocycles. The van der Waals surface area contributed by atoms with Gasteiger partial charge in [0.2, 0.25) is 5.75 Å². The van der Waals surface area contributed by atoms with Gasteiger partial charge < -0.3 is 15.2 Å². The van der Waals surface area contributed by atoms with Gasteiger partial charge >= 0.3 is 5.69 Å². The molecular formula is C9H12N2O4. The minimum atomic E-state index is -0.527. The van der Waals surface area contributed by atoms with E-state index in [1.165, 1.54) is 20.3 Å². The molecule has 0 saturated carbocycles. The topological polar surface area (TPSA) is 87.6 Å². The number of nitro benzene ring substituents is 1. The molecule has 0 spiro atoms. The molecule has 0 aliphatic rings. The maximum atomic E-state index is 10.7. The summed E-state index contributed by atoms with van der Waals surface area (Å²) in [5.41, 5.74) is 5.90. The molecule has 0 aromatic heterocycles. The van der Waals surface area contributed by atoms with Gasteiger partial charge in [0.15, 0.2) is 5.75 Å². The Bertz CT molecular complexity index is 379. The van der Waals surface area contributed by atoms with Gasteiger partial charge in [-0.1, -0.05) is 0 Å². The van der Waals surface area contributed by atoms with Gasteiger partial charge in [0.05, 0.1) is 19.1 Å². The lowest BCUT2D eigenvalue weighted by Gasteiger charge is -2.09. The predicted molar refractivity (Wildman–Crippen MR) is 54.1 cm³/mol. The van der Waals surface area contributed by atoms with E-state index in [1.54, 1.807) is 6.07 Å². The third kappa shape index (κ3) is 2.16. The van der Waals surface area contributed by atoms with Crippen molar-refractivity contribution in [3.63, 3.8) is 0 Å². The molecule has 1 aromatic carbocycles. The van der Waals surface area contributed by atoms with Crippen molar-refractivity contribution in [2.75, 3.05) is 14.2 Å². The minimum Gasteiger partial charge on any atom is -0.493 e. The van der Waals surface area contributed by atoms with Crippen LogP contribution in [0.4, 0.5) is 5.69 Å². The summed E-state index contributed by atoms with van der Waals surface area (Å²) < 4.78 is 9.91. The van der Waals surface area contributed by atoms with E-state index >= 15 is 0 Å². The molecule has 1 rings (SSSR count). The number of ether oxygens (including phenoxy) is 2. The van der Waals surface area contributed by atoms with Crippen molar-refractivity contribution in [2.24, 2.45) is 5.73 Å². The van der Waals surface area contributed by atoms with E-state index in [4.69, 9.17) is 15.2 Å². The summed E-state index contributed by atoms with van der Waals surface area (Å²) in [6, 6.07) is 2.99. The van der Waals surface area contributed by atoms with Crippen LogP contribution in [0.3, 0.4) is 0 Å². The molecular weight excluding hydrogens is 200 g/mol. The number of nitrogens with zero attached hydrogens (tertiary/aromatic N) is 1. The summed E-state index contributed by atoms with van der Waals surface area (Å²) in [6.45, 7) is 0.210. The third-order valence-electron chi connectivity index (χ3n) is 1.95. The molecule has 0 radical (unpaired) electrons. The first kappa shape index (κ1) is 11.3. The number of rotatable bonds is 4. The lowest BCUT2D eigenvalue weighted by atomic mass is 10.1. The van der Waals surface area contributed by atoms with Crippen LogP contribution in [0.5, 0.6) is 11.5 Å². The van der Waals surface area contributed by atoms with Gasteiger partial charge in [-0.2, -0.15) is 0 Å². The molecule has 0 unspecified atom stereocenters. The molecule has 82 valence electrons. The highest BCUT2D eigenvalue weighted by atomic mass is 16.6. The summed E-state index contributed by atoms with van der Waals surface area (Å²) in [7, 11) is 2.77. The van der Waals surface area contributed by atoms with Crippen LogP contribution in [-0.4, -0.2) is 19.1 Å². The molecule has 1 aromatic rings. The number of methoxy groups -OCH3 is 2. The second-order valence-corrected chi connectivity index (χ2v) is 2.81. The van der Waals surface area contributed by atoms with E-state index in [0.717, 1.165) is 0 Å². The van der Waals surface area contributed by atoms with Crippen LogP contribution in [0.25, 0.3) is 0 Å². The van der Waals surface area contributed by atoms with Crippen molar-refractivity contribution in [1.29, 1.82) is 0 Å². The number of nitro groups is 1. The SMILES string of the molecule is COc1cc(CN)cc([N+](=O)[O-])c1OC. The number of nitrogens with two attached hydrogens (primary N) is 1. The molecule has 0 aliphatic carbocycles. The maximum Gasteiger partial charge on any atom is 0.315 e. The number of hydrogen-bond donors (Lipinski definition) is 1. The second kappa shape index (κ2) is 4.61. The average molecular weight is 212 g/mol. The van der Waals surface area contributed by atoms with E-state index in [9.17, 15) is 10.1 Å². The summed E-state index contributed by atoms with van der Waals surface area (Å²) in [4.78, 5) is 10.2. The van der Waals surface area contributed by atoms with E-state index < -0.39 is 4.92 Å². The Kier molecular flexibility index (Phi) is 3.46. The van der Waals surface area contributed by atoms with Crippen molar-refractivity contribution in [3.05, 3.63) is 27.8 Å². The molecule has 2 N–H and O–H groups in total. The quantitative estimate of drug-likeness (QED) is 0.595. The Labute approximate surface area is 86.7 Å². The summed E-state index contributed by atoms with van der Waals surface area (Å²) in [6.07, 6.45) is 0. The van der Waals surface area contributed by atoms with Crippen LogP contribution >= 0.6 is 0 Å². The first-order valence-electron chi connectivity index (χ1n) is 4.23. The van der Waals surface area contributed by atoms with Crippen LogP contribution in [0, 0.1) is 10.1 Å². The normalized spacial score (nSPS) is 9.80. The van der Waals surface area contributed by atoms with E-state index in [1.807, 2.05) is 0 Å². The van der Waals surface area contributed by atoms with Crippen LogP contribution in [0.2, 0.25) is 0 Å². The van der Waals surface area contributed by atoms with Crippen LogP contribution < -0.4 is 15.2 Å². The zero-order valence-corrected chi connectivity index (χ0v) is 8.52. The van der Waals surface area contributed by atoms with Crippen LogP contribution in [-0.2, 0) is 6.54 Å². The fraction of sp³-hybridized carbons (Fsp3) is 0.333. The Morgan fingerprint density at radius 1 is 1.40 bits per heavy atom. The van der Waals surface area contributed by atoms with Crippen molar-refractivity contribution in [3.8, 4) is 11.5 Å². The average Bonchev–Trinajstić information content (AvgIpc) is 2.26. The highest BCUT2D eigenvalue weighted by Gasteiger charge is 2.20. The van der Waals surface area contributed by atoms with Gasteiger partial charge in [0.1, 0.15) is 0 Å². The third-order valence-corrected chi connectivity index (χ3v) is 1.95. The molecule has 0 atom stereocenters. The first-order valence-corrected chi connectivity index (χ1v) is 4.23. The molecule has 6 heteroatoms. The van der Waals surface area contributed by atoms with Crippen LogP contribution in [0.1, 0.15) is 5.56 Å². The van der Waals surface area contributed by atoms with Crippen molar-refractivity contribution in [1.82, 2.24) is 0 Å². The summed E-state index contributed by atoms with van der Waals surface area (Å²) >= 11 is 0. The van der Waals surface area contributed by atoms with Gasteiger partial charge in [0.25, 0.3) is 0 Å². The molecule has 0 heterocycles. The fourth-order valence-corrected chi connectivity index (χ4v) is 1.25. The highest BCUT2D eigenvalue weighted by molar-refractivity contribution is 5.58. The lowest BCUT2D eigenvalue weighted by molar-refractivity contribution is -0.385. The molecule has 0 fully saturated rings. The summed E-state index contributed by atoms with van der Waals surface area (Å²) in [5.74, 6) is 0.423. The van der Waals surface area contributed by atoms with E-state index in [0.29, 0.717) is 11.3 Å². The van der Waals surface area contributed by atoms with Crippen LogP contribution in [0.15, 0.2) is 12.1 Å². The number of benzene rings is 1. The van der Waals surface area contributed by atoms with Gasteiger partial charge in [-0.3, -0.25) is 10.1 Å². The molecule has 0 amide bonds. The standard InChI is InChI=1S/C9H12N2O4/c1-14-8-4-6(5-10)3-7(11(12)13)9(8)15-2/h3-4H,5,10H2,1-2H3.